The number of amidine groups is 2. The second-order valence-corrected chi connectivity index (χ2v) is 12.1. The van der Waals surface area contributed by atoms with E-state index < -0.39 is 6.17 Å². The van der Waals surface area contributed by atoms with Crippen LogP contribution in [-0.2, 0) is 0 Å². The Balaban J connectivity index is 1.16. The van der Waals surface area contributed by atoms with Gasteiger partial charge >= 0.3 is 0 Å². The highest BCUT2D eigenvalue weighted by molar-refractivity contribution is 6.19. The first-order chi connectivity index (χ1) is 23.8. The maximum atomic E-state index is 6.43. The van der Waals surface area contributed by atoms with Gasteiger partial charge in [-0.15, -0.1) is 0 Å². The second kappa shape index (κ2) is 10.6. The maximum absolute atomic E-state index is 6.43. The highest BCUT2D eigenvalue weighted by Crippen LogP contribution is 2.46. The van der Waals surface area contributed by atoms with Crippen LogP contribution in [-0.4, -0.2) is 11.7 Å². The van der Waals surface area contributed by atoms with Gasteiger partial charge in [-0.25, -0.2) is 0 Å². The van der Waals surface area contributed by atoms with E-state index in [1.54, 1.807) is 0 Å². The average molecular weight is 619 g/mol. The fraction of sp³-hybridized carbons (Fsp3) is 0.0476. The van der Waals surface area contributed by atoms with E-state index in [0.717, 1.165) is 77.3 Å². The summed E-state index contributed by atoms with van der Waals surface area (Å²) in [5.74, 6) is 2.06. The molecule has 0 bridgehead atoms. The molecule has 0 amide bonds. The van der Waals surface area contributed by atoms with Crippen LogP contribution in [0.25, 0.3) is 60.4 Å². The number of hydrogen-bond acceptors (Lipinski definition) is 4. The largest absolute Gasteiger partial charge is 0.680 e. The molecule has 2 aliphatic rings. The van der Waals surface area contributed by atoms with Gasteiger partial charge in [-0.05, 0) is 68.9 Å². The zero-order chi connectivity index (χ0) is 31.6. The molecule has 8 aromatic rings. The third kappa shape index (κ3) is 4.19. The number of furan rings is 2. The van der Waals surface area contributed by atoms with Crippen molar-refractivity contribution in [3.05, 3.63) is 184 Å². The predicted molar refractivity (Wildman–Crippen MR) is 194 cm³/mol. The molecular weight excluding hydrogens is 592 g/mol. The quantitative estimate of drug-likeness (QED) is 0.197. The first kappa shape index (κ1) is 26.8. The summed E-state index contributed by atoms with van der Waals surface area (Å²) >= 11 is 0. The molecule has 6 aromatic carbocycles. The summed E-state index contributed by atoms with van der Waals surface area (Å²) in [7, 11) is 0. The zero-order valence-corrected chi connectivity index (χ0v) is 25.6. The Labute approximate surface area is 275 Å². The minimum absolute atomic E-state index is 0.305. The lowest BCUT2D eigenvalue weighted by Gasteiger charge is -2.37. The Kier molecular flexibility index (Phi) is 5.90. The maximum Gasteiger partial charge on any atom is 0.135 e. The number of fused-ring (bicyclic) bond motifs is 7. The molecule has 0 radical (unpaired) electrons. The van der Waals surface area contributed by atoms with Crippen LogP contribution < -0.4 is 0 Å². The van der Waals surface area contributed by atoms with E-state index in [9.17, 15) is 0 Å². The first-order valence-electron chi connectivity index (χ1n) is 16.0. The van der Waals surface area contributed by atoms with Gasteiger partial charge in [-0.3, -0.25) is 4.99 Å². The lowest BCUT2D eigenvalue weighted by molar-refractivity contribution is 0.596. The average Bonchev–Trinajstić information content (AvgIpc) is 3.72. The molecule has 0 saturated carbocycles. The SMILES string of the molecule is C1=Cc2oc3cc4ccccc4cc3c2C(c2ccccc2C2=NC(c3cccc4oc5ccccc5c34)[N-]C(c3ccccc3)=N2)[N-]1. The smallest absolute Gasteiger partial charge is 0.135 e. The molecule has 0 N–H and O–H groups in total. The van der Waals surface area contributed by atoms with E-state index in [-0.39, 0.29) is 6.04 Å². The summed E-state index contributed by atoms with van der Waals surface area (Å²) in [5, 5.41) is 15.6. The van der Waals surface area contributed by atoms with Crippen LogP contribution >= 0.6 is 0 Å². The Bertz CT molecular complexity index is 2640. The van der Waals surface area contributed by atoms with Crippen LogP contribution in [0.4, 0.5) is 0 Å². The summed E-state index contributed by atoms with van der Waals surface area (Å²) in [6.07, 6.45) is 3.26. The Hall–Kier alpha value is -6.40. The summed E-state index contributed by atoms with van der Waals surface area (Å²) in [5.41, 5.74) is 7.34. The van der Waals surface area contributed by atoms with Gasteiger partial charge in [-0.2, -0.15) is 6.20 Å². The molecule has 0 saturated heterocycles. The van der Waals surface area contributed by atoms with Crippen LogP contribution in [0.3, 0.4) is 0 Å². The summed E-state index contributed by atoms with van der Waals surface area (Å²) in [6, 6.07) is 45.0. The van der Waals surface area contributed by atoms with Crippen LogP contribution in [0.2, 0.25) is 0 Å². The van der Waals surface area contributed by atoms with Gasteiger partial charge in [-0.1, -0.05) is 121 Å². The van der Waals surface area contributed by atoms with Gasteiger partial charge in [0.25, 0.3) is 0 Å². The predicted octanol–water partition coefficient (Wildman–Crippen LogP) is 11.2. The Morgan fingerprint density at radius 2 is 1.35 bits per heavy atom. The first-order valence-corrected chi connectivity index (χ1v) is 16.0. The fourth-order valence-corrected chi connectivity index (χ4v) is 7.10. The normalized spacial score (nSPS) is 17.2. The molecule has 0 fully saturated rings. The molecule has 10 rings (SSSR count). The molecule has 2 aromatic heterocycles. The van der Waals surface area contributed by atoms with E-state index in [0.29, 0.717) is 11.7 Å². The van der Waals surface area contributed by atoms with Crippen molar-refractivity contribution >= 4 is 61.4 Å². The molecular formula is C42H26N4O2-2. The van der Waals surface area contributed by atoms with Gasteiger partial charge in [0, 0.05) is 16.2 Å². The second-order valence-electron chi connectivity index (χ2n) is 12.1. The van der Waals surface area contributed by atoms with Gasteiger partial charge in [0.1, 0.15) is 22.5 Å². The number of rotatable bonds is 4. The van der Waals surface area contributed by atoms with E-state index in [1.807, 2.05) is 79.0 Å². The summed E-state index contributed by atoms with van der Waals surface area (Å²) < 4.78 is 12.7. The molecule has 6 heteroatoms. The standard InChI is InChI=1S/C42H26N4O2/c1-2-11-25(12-3-1)40-44-41(46-42(45-40)31-18-10-20-34-37(31)30-17-8-9-19-33(30)47-34)29-16-7-6-15-28(29)39-38-32-23-26-13-4-5-14-27(26)24-36(32)48-35(38)21-22-43-39/h1-24,39,42H/q-2. The van der Waals surface area contributed by atoms with E-state index in [2.05, 4.69) is 66.7 Å². The molecule has 2 unspecified atom stereocenters. The van der Waals surface area contributed by atoms with Crippen molar-refractivity contribution in [3.8, 4) is 0 Å². The van der Waals surface area contributed by atoms with E-state index in [1.165, 1.54) is 0 Å². The van der Waals surface area contributed by atoms with Gasteiger partial charge < -0.3 is 24.5 Å². The van der Waals surface area contributed by atoms with Crippen molar-refractivity contribution in [2.24, 2.45) is 9.98 Å². The lowest BCUT2D eigenvalue weighted by Crippen LogP contribution is -2.18. The van der Waals surface area contributed by atoms with Crippen molar-refractivity contribution in [1.82, 2.24) is 0 Å². The van der Waals surface area contributed by atoms with Crippen molar-refractivity contribution in [2.45, 2.75) is 12.2 Å². The van der Waals surface area contributed by atoms with Crippen molar-refractivity contribution in [1.29, 1.82) is 0 Å². The summed E-state index contributed by atoms with van der Waals surface area (Å²) in [6.45, 7) is 0. The minimum atomic E-state index is -0.537. The molecule has 48 heavy (non-hydrogen) atoms. The number of nitrogens with zero attached hydrogens (tertiary/aromatic N) is 4. The zero-order valence-electron chi connectivity index (χ0n) is 25.6. The highest BCUT2D eigenvalue weighted by atomic mass is 16.3. The molecule has 4 heterocycles. The number of aliphatic imine (C=N–C) groups is 2. The van der Waals surface area contributed by atoms with E-state index in [4.69, 9.17) is 29.5 Å². The van der Waals surface area contributed by atoms with Crippen LogP contribution in [0.15, 0.2) is 158 Å². The minimum Gasteiger partial charge on any atom is -0.680 e. The number of benzene rings is 6. The molecule has 6 nitrogen and oxygen atoms in total. The summed E-state index contributed by atoms with van der Waals surface area (Å²) in [4.78, 5) is 10.4. The van der Waals surface area contributed by atoms with Crippen molar-refractivity contribution < 1.29 is 8.83 Å². The third-order valence-electron chi connectivity index (χ3n) is 9.30. The molecule has 228 valence electrons. The van der Waals surface area contributed by atoms with Crippen LogP contribution in [0.5, 0.6) is 0 Å². The number of hydrogen-bond donors (Lipinski definition) is 0. The van der Waals surface area contributed by atoms with Crippen molar-refractivity contribution in [3.63, 3.8) is 0 Å². The van der Waals surface area contributed by atoms with Gasteiger partial charge in [0.05, 0.1) is 12.0 Å². The molecule has 0 aliphatic carbocycles. The Morgan fingerprint density at radius 1 is 0.604 bits per heavy atom. The molecule has 2 atom stereocenters. The topological polar surface area (TPSA) is 79.2 Å². The van der Waals surface area contributed by atoms with Crippen LogP contribution in [0, 0.1) is 0 Å². The van der Waals surface area contributed by atoms with Crippen LogP contribution in [0.1, 0.15) is 45.8 Å². The monoisotopic (exact) mass is 618 g/mol. The van der Waals surface area contributed by atoms with Gasteiger partial charge in [0.2, 0.25) is 0 Å². The van der Waals surface area contributed by atoms with E-state index >= 15 is 0 Å². The third-order valence-corrected chi connectivity index (χ3v) is 9.30. The van der Waals surface area contributed by atoms with Crippen molar-refractivity contribution in [2.75, 3.05) is 0 Å². The molecule has 2 aliphatic heterocycles. The fourth-order valence-electron chi connectivity index (χ4n) is 7.10. The lowest BCUT2D eigenvalue weighted by atomic mass is 9.90. The molecule has 0 spiro atoms. The Morgan fingerprint density at radius 3 is 2.27 bits per heavy atom. The van der Waals surface area contributed by atoms with Gasteiger partial charge in [0.15, 0.2) is 0 Å². The number of para-hydroxylation sites is 1. The highest BCUT2D eigenvalue weighted by Gasteiger charge is 2.24.